The fraction of sp³-hybridized carbons (Fsp3) is 0.333. The monoisotopic (exact) mass is 266 g/mol. The molecule has 0 bridgehead atoms. The van der Waals surface area contributed by atoms with Gasteiger partial charge < -0.3 is 5.32 Å². The van der Waals surface area contributed by atoms with Crippen molar-refractivity contribution in [1.29, 1.82) is 0 Å². The van der Waals surface area contributed by atoms with Crippen LogP contribution in [0.1, 0.15) is 24.1 Å². The summed E-state index contributed by atoms with van der Waals surface area (Å²) in [6.45, 7) is 5.40. The summed E-state index contributed by atoms with van der Waals surface area (Å²) < 4.78 is 0. The third kappa shape index (κ3) is 3.09. The standard InChI is InChI=1S/C18H22N2/c1-15-13-20(14-16-8-4-2-5-9-16)18(12-19-15)17-10-6-3-7-11-17/h2-11,15,18-19H,12-14H2,1H3/t15-,18-/m1/s1. The molecule has 104 valence electrons. The van der Waals surface area contributed by atoms with Crippen molar-refractivity contribution in [2.75, 3.05) is 13.1 Å². The number of hydrogen-bond acceptors (Lipinski definition) is 2. The molecule has 0 saturated carbocycles. The Morgan fingerprint density at radius 3 is 2.35 bits per heavy atom. The van der Waals surface area contributed by atoms with E-state index < -0.39 is 0 Å². The van der Waals surface area contributed by atoms with E-state index in [2.05, 4.69) is 77.8 Å². The average Bonchev–Trinajstić information content (AvgIpc) is 2.49. The van der Waals surface area contributed by atoms with Gasteiger partial charge in [0.25, 0.3) is 0 Å². The first-order chi connectivity index (χ1) is 9.83. The number of nitrogens with one attached hydrogen (secondary N) is 1. The fourth-order valence-corrected chi connectivity index (χ4v) is 2.98. The van der Waals surface area contributed by atoms with E-state index in [0.29, 0.717) is 12.1 Å². The van der Waals surface area contributed by atoms with E-state index in [1.165, 1.54) is 11.1 Å². The molecule has 1 aliphatic rings. The van der Waals surface area contributed by atoms with Gasteiger partial charge in [-0.05, 0) is 18.1 Å². The van der Waals surface area contributed by atoms with Gasteiger partial charge in [-0.15, -0.1) is 0 Å². The van der Waals surface area contributed by atoms with Gasteiger partial charge in [0.15, 0.2) is 0 Å². The van der Waals surface area contributed by atoms with Crippen molar-refractivity contribution >= 4 is 0 Å². The highest BCUT2D eigenvalue weighted by molar-refractivity contribution is 5.21. The first-order valence-corrected chi connectivity index (χ1v) is 7.39. The minimum atomic E-state index is 0.465. The van der Waals surface area contributed by atoms with Gasteiger partial charge in [-0.25, -0.2) is 0 Å². The van der Waals surface area contributed by atoms with E-state index in [1.807, 2.05) is 0 Å². The van der Waals surface area contributed by atoms with E-state index >= 15 is 0 Å². The SMILES string of the molecule is C[C@@H]1CN(Cc2ccccc2)[C@@H](c2ccccc2)CN1. The molecule has 3 rings (SSSR count). The van der Waals surface area contributed by atoms with Crippen molar-refractivity contribution in [2.45, 2.75) is 25.6 Å². The topological polar surface area (TPSA) is 15.3 Å². The molecule has 0 amide bonds. The highest BCUT2D eigenvalue weighted by atomic mass is 15.2. The van der Waals surface area contributed by atoms with Gasteiger partial charge in [0.2, 0.25) is 0 Å². The summed E-state index contributed by atoms with van der Waals surface area (Å²) in [7, 11) is 0. The molecule has 0 unspecified atom stereocenters. The lowest BCUT2D eigenvalue weighted by atomic mass is 10.0. The summed E-state index contributed by atoms with van der Waals surface area (Å²) in [6, 6.07) is 22.6. The van der Waals surface area contributed by atoms with Crippen LogP contribution in [-0.2, 0) is 6.54 Å². The minimum absolute atomic E-state index is 0.465. The molecule has 0 spiro atoms. The molecule has 0 radical (unpaired) electrons. The summed E-state index contributed by atoms with van der Waals surface area (Å²) in [4.78, 5) is 2.59. The molecule has 2 aromatic carbocycles. The summed E-state index contributed by atoms with van der Waals surface area (Å²) in [5.74, 6) is 0. The summed E-state index contributed by atoms with van der Waals surface area (Å²) in [5.41, 5.74) is 2.80. The molecule has 0 aromatic heterocycles. The minimum Gasteiger partial charge on any atom is -0.311 e. The molecule has 2 atom stereocenters. The first kappa shape index (κ1) is 13.3. The molecule has 0 aliphatic carbocycles. The first-order valence-electron chi connectivity index (χ1n) is 7.39. The third-order valence-electron chi connectivity index (χ3n) is 4.02. The Morgan fingerprint density at radius 2 is 1.65 bits per heavy atom. The smallest absolute Gasteiger partial charge is 0.0476 e. The summed E-state index contributed by atoms with van der Waals surface area (Å²) in [6.07, 6.45) is 0. The van der Waals surface area contributed by atoms with Gasteiger partial charge in [0.1, 0.15) is 0 Å². The van der Waals surface area contributed by atoms with Crippen LogP contribution in [0.5, 0.6) is 0 Å². The number of benzene rings is 2. The second kappa shape index (κ2) is 6.21. The molecule has 1 aliphatic heterocycles. The maximum Gasteiger partial charge on any atom is 0.0476 e. The van der Waals surface area contributed by atoms with Gasteiger partial charge in [-0.1, -0.05) is 60.7 Å². The Morgan fingerprint density at radius 1 is 1.00 bits per heavy atom. The van der Waals surface area contributed by atoms with Gasteiger partial charge >= 0.3 is 0 Å². The maximum atomic E-state index is 3.60. The Kier molecular flexibility index (Phi) is 4.14. The largest absolute Gasteiger partial charge is 0.311 e. The van der Waals surface area contributed by atoms with Gasteiger partial charge in [0.05, 0.1) is 0 Å². The lowest BCUT2D eigenvalue weighted by molar-refractivity contribution is 0.127. The zero-order chi connectivity index (χ0) is 13.8. The van der Waals surface area contributed by atoms with Crippen LogP contribution in [-0.4, -0.2) is 24.0 Å². The molecule has 20 heavy (non-hydrogen) atoms. The third-order valence-corrected chi connectivity index (χ3v) is 4.02. The van der Waals surface area contributed by atoms with E-state index in [4.69, 9.17) is 0 Å². The molecule has 1 fully saturated rings. The Balaban J connectivity index is 1.80. The zero-order valence-corrected chi connectivity index (χ0v) is 12.0. The molecule has 2 heteroatoms. The molecule has 1 saturated heterocycles. The van der Waals surface area contributed by atoms with Crippen molar-refractivity contribution in [3.05, 3.63) is 71.8 Å². The van der Waals surface area contributed by atoms with Gasteiger partial charge in [-0.2, -0.15) is 0 Å². The van der Waals surface area contributed by atoms with Crippen molar-refractivity contribution in [3.63, 3.8) is 0 Å². The zero-order valence-electron chi connectivity index (χ0n) is 12.0. The summed E-state index contributed by atoms with van der Waals surface area (Å²) >= 11 is 0. The van der Waals surface area contributed by atoms with Crippen LogP contribution in [0.4, 0.5) is 0 Å². The number of piperazine rings is 1. The van der Waals surface area contributed by atoms with E-state index in [0.717, 1.165) is 19.6 Å². The van der Waals surface area contributed by atoms with E-state index in [9.17, 15) is 0 Å². The van der Waals surface area contributed by atoms with Crippen molar-refractivity contribution < 1.29 is 0 Å². The Labute approximate surface area is 121 Å². The van der Waals surface area contributed by atoms with Crippen LogP contribution < -0.4 is 5.32 Å². The molecule has 1 heterocycles. The maximum absolute atomic E-state index is 3.60. The lowest BCUT2D eigenvalue weighted by Crippen LogP contribution is -2.50. The van der Waals surface area contributed by atoms with Crippen LogP contribution in [0.25, 0.3) is 0 Å². The second-order valence-electron chi connectivity index (χ2n) is 5.65. The van der Waals surface area contributed by atoms with E-state index in [-0.39, 0.29) is 0 Å². The van der Waals surface area contributed by atoms with Crippen LogP contribution in [0.15, 0.2) is 60.7 Å². The predicted molar refractivity (Wildman–Crippen MR) is 83.5 cm³/mol. The van der Waals surface area contributed by atoms with Crippen LogP contribution in [0, 0.1) is 0 Å². The van der Waals surface area contributed by atoms with Crippen molar-refractivity contribution in [3.8, 4) is 0 Å². The Bertz CT molecular complexity index is 524. The molecular formula is C18H22N2. The summed E-state index contributed by atoms with van der Waals surface area (Å²) in [5, 5.41) is 3.60. The fourth-order valence-electron chi connectivity index (χ4n) is 2.98. The number of nitrogens with zero attached hydrogens (tertiary/aromatic N) is 1. The number of rotatable bonds is 3. The molecule has 2 aromatic rings. The van der Waals surface area contributed by atoms with Crippen LogP contribution in [0.2, 0.25) is 0 Å². The lowest BCUT2D eigenvalue weighted by Gasteiger charge is -2.39. The quantitative estimate of drug-likeness (QED) is 0.917. The van der Waals surface area contributed by atoms with E-state index in [1.54, 1.807) is 0 Å². The normalized spacial score (nSPS) is 23.6. The van der Waals surface area contributed by atoms with Crippen LogP contribution >= 0.6 is 0 Å². The van der Waals surface area contributed by atoms with Crippen molar-refractivity contribution in [2.24, 2.45) is 0 Å². The van der Waals surface area contributed by atoms with Crippen LogP contribution in [0.3, 0.4) is 0 Å². The molecule has 2 nitrogen and oxygen atoms in total. The highest BCUT2D eigenvalue weighted by Crippen LogP contribution is 2.25. The van der Waals surface area contributed by atoms with Crippen molar-refractivity contribution in [1.82, 2.24) is 10.2 Å². The van der Waals surface area contributed by atoms with Gasteiger partial charge in [0, 0.05) is 31.7 Å². The Hall–Kier alpha value is -1.64. The highest BCUT2D eigenvalue weighted by Gasteiger charge is 2.26. The molecular weight excluding hydrogens is 244 g/mol. The van der Waals surface area contributed by atoms with Gasteiger partial charge in [-0.3, -0.25) is 4.90 Å². The number of hydrogen-bond donors (Lipinski definition) is 1. The second-order valence-corrected chi connectivity index (χ2v) is 5.65. The average molecular weight is 266 g/mol. The predicted octanol–water partition coefficient (Wildman–Crippen LogP) is 3.22. The molecule has 1 N–H and O–H groups in total.